The van der Waals surface area contributed by atoms with Gasteiger partial charge in [-0.2, -0.15) is 10.2 Å². The lowest BCUT2D eigenvalue weighted by Gasteiger charge is -2.35. The van der Waals surface area contributed by atoms with Gasteiger partial charge in [-0.3, -0.25) is 0 Å². The molecule has 4 aromatic carbocycles. The van der Waals surface area contributed by atoms with Gasteiger partial charge in [0.2, 0.25) is 0 Å². The molecule has 6 rings (SSSR count). The summed E-state index contributed by atoms with van der Waals surface area (Å²) in [5.41, 5.74) is 8.42. The Morgan fingerprint density at radius 3 is 1.22 bits per heavy atom. The molecule has 4 aromatic rings. The first-order valence-electron chi connectivity index (χ1n) is 10.6. The van der Waals surface area contributed by atoms with Crippen molar-refractivity contribution in [1.29, 1.82) is 0 Å². The zero-order valence-corrected chi connectivity index (χ0v) is 17.3. The number of hydrogen-bond acceptors (Lipinski definition) is 4. The highest BCUT2D eigenvalue weighted by Gasteiger charge is 2.30. The van der Waals surface area contributed by atoms with E-state index in [4.69, 9.17) is 10.2 Å². The Kier molecular flexibility index (Phi) is 4.40. The highest BCUT2D eigenvalue weighted by Crippen LogP contribution is 2.42. The second-order valence-corrected chi connectivity index (χ2v) is 7.66. The molecule has 2 heterocycles. The molecule has 0 saturated heterocycles. The Morgan fingerprint density at radius 1 is 0.406 bits per heavy atom. The van der Waals surface area contributed by atoms with Crippen molar-refractivity contribution in [3.8, 4) is 0 Å². The van der Waals surface area contributed by atoms with Crippen LogP contribution in [0.5, 0.6) is 0 Å². The smallest absolute Gasteiger partial charge is 0.0995 e. The SMILES string of the molecule is C1=NN(c2ccccc2)/C(=C2\c3ccccc3C=NN2c2ccccc2)c2ccccc21. The molecule has 152 valence electrons. The first kappa shape index (κ1) is 18.3. The third kappa shape index (κ3) is 3.01. The van der Waals surface area contributed by atoms with Crippen LogP contribution in [-0.2, 0) is 0 Å². The van der Waals surface area contributed by atoms with Crippen molar-refractivity contribution in [2.75, 3.05) is 10.0 Å². The van der Waals surface area contributed by atoms with E-state index in [2.05, 4.69) is 60.7 Å². The van der Waals surface area contributed by atoms with Crippen molar-refractivity contribution >= 4 is 35.2 Å². The van der Waals surface area contributed by atoms with Crippen LogP contribution in [0.3, 0.4) is 0 Å². The number of anilines is 2. The number of hydrazone groups is 2. The Labute approximate surface area is 187 Å². The summed E-state index contributed by atoms with van der Waals surface area (Å²) in [4.78, 5) is 0. The lowest BCUT2D eigenvalue weighted by molar-refractivity contribution is 1.04. The maximum absolute atomic E-state index is 4.87. The number of fused-ring (bicyclic) bond motifs is 2. The first-order valence-corrected chi connectivity index (χ1v) is 10.6. The summed E-state index contributed by atoms with van der Waals surface area (Å²) in [6.45, 7) is 0. The summed E-state index contributed by atoms with van der Waals surface area (Å²) in [7, 11) is 0. The van der Waals surface area contributed by atoms with E-state index in [1.807, 2.05) is 71.0 Å². The normalized spacial score (nSPS) is 16.6. The predicted octanol–water partition coefficient (Wildman–Crippen LogP) is 6.22. The van der Waals surface area contributed by atoms with Gasteiger partial charge in [-0.15, -0.1) is 0 Å². The number of benzene rings is 4. The molecule has 0 atom stereocenters. The molecule has 4 nitrogen and oxygen atoms in total. The third-order valence-electron chi connectivity index (χ3n) is 5.71. The van der Waals surface area contributed by atoms with Crippen LogP contribution in [0.4, 0.5) is 11.4 Å². The third-order valence-corrected chi connectivity index (χ3v) is 5.71. The highest BCUT2D eigenvalue weighted by molar-refractivity contribution is 6.11. The molecule has 2 aliphatic heterocycles. The zero-order chi connectivity index (χ0) is 21.3. The molecular formula is C28H20N4. The van der Waals surface area contributed by atoms with Crippen molar-refractivity contribution in [2.45, 2.75) is 0 Å². The molecule has 0 N–H and O–H groups in total. The molecule has 0 bridgehead atoms. The summed E-state index contributed by atoms with van der Waals surface area (Å²) in [5, 5.41) is 13.8. The van der Waals surface area contributed by atoms with Crippen molar-refractivity contribution in [1.82, 2.24) is 0 Å². The second kappa shape index (κ2) is 7.67. The van der Waals surface area contributed by atoms with Gasteiger partial charge in [0.1, 0.15) is 0 Å². The maximum atomic E-state index is 4.87. The molecular weight excluding hydrogens is 392 g/mol. The number of rotatable bonds is 2. The van der Waals surface area contributed by atoms with Gasteiger partial charge in [-0.1, -0.05) is 84.9 Å². The van der Waals surface area contributed by atoms with E-state index >= 15 is 0 Å². The maximum Gasteiger partial charge on any atom is 0.0995 e. The van der Waals surface area contributed by atoms with Crippen molar-refractivity contribution < 1.29 is 0 Å². The average Bonchev–Trinajstić information content (AvgIpc) is 2.88. The van der Waals surface area contributed by atoms with Crippen molar-refractivity contribution in [2.24, 2.45) is 10.2 Å². The van der Waals surface area contributed by atoms with Crippen LogP contribution in [0.2, 0.25) is 0 Å². The van der Waals surface area contributed by atoms with Crippen LogP contribution in [0.25, 0.3) is 11.4 Å². The van der Waals surface area contributed by atoms with E-state index in [1.165, 1.54) is 0 Å². The van der Waals surface area contributed by atoms with Crippen LogP contribution < -0.4 is 10.0 Å². The number of para-hydroxylation sites is 2. The van der Waals surface area contributed by atoms with E-state index in [1.54, 1.807) is 0 Å². The summed E-state index contributed by atoms with van der Waals surface area (Å²) in [5.74, 6) is 0. The molecule has 0 fully saturated rings. The fourth-order valence-corrected chi connectivity index (χ4v) is 4.22. The molecule has 0 aromatic heterocycles. The molecule has 2 aliphatic rings. The lowest BCUT2D eigenvalue weighted by atomic mass is 9.95. The number of hydrogen-bond donors (Lipinski definition) is 0. The molecule has 0 saturated carbocycles. The van der Waals surface area contributed by atoms with Crippen LogP contribution in [0.1, 0.15) is 22.3 Å². The Bertz CT molecular complexity index is 1260. The summed E-state index contributed by atoms with van der Waals surface area (Å²) < 4.78 is 0. The van der Waals surface area contributed by atoms with Gasteiger partial charge in [0.25, 0.3) is 0 Å². The predicted molar refractivity (Wildman–Crippen MR) is 133 cm³/mol. The van der Waals surface area contributed by atoms with Gasteiger partial charge >= 0.3 is 0 Å². The first-order chi connectivity index (χ1) is 15.9. The van der Waals surface area contributed by atoms with E-state index in [0.29, 0.717) is 0 Å². The summed E-state index contributed by atoms with van der Waals surface area (Å²) in [6, 6.07) is 37.3. The van der Waals surface area contributed by atoms with E-state index in [0.717, 1.165) is 45.0 Å². The highest BCUT2D eigenvalue weighted by atomic mass is 15.5. The minimum absolute atomic E-state index is 1.00. The van der Waals surface area contributed by atoms with Gasteiger partial charge in [0.05, 0.1) is 35.2 Å². The fraction of sp³-hybridized carbons (Fsp3) is 0. The fourth-order valence-electron chi connectivity index (χ4n) is 4.22. The lowest BCUT2D eigenvalue weighted by Crippen LogP contribution is -2.28. The second-order valence-electron chi connectivity index (χ2n) is 7.66. The van der Waals surface area contributed by atoms with E-state index < -0.39 is 0 Å². The monoisotopic (exact) mass is 412 g/mol. The van der Waals surface area contributed by atoms with E-state index in [9.17, 15) is 0 Å². The van der Waals surface area contributed by atoms with Crippen LogP contribution in [0, 0.1) is 0 Å². The summed E-state index contributed by atoms with van der Waals surface area (Å²) in [6.07, 6.45) is 3.86. The molecule has 0 amide bonds. The van der Waals surface area contributed by atoms with E-state index in [-0.39, 0.29) is 0 Å². The largest absolute Gasteiger partial charge is 0.231 e. The Hall–Kier alpha value is -4.44. The van der Waals surface area contributed by atoms with Gasteiger partial charge in [-0.05, 0) is 24.3 Å². The van der Waals surface area contributed by atoms with Gasteiger partial charge in [0.15, 0.2) is 0 Å². The molecule has 0 spiro atoms. The average molecular weight is 412 g/mol. The zero-order valence-electron chi connectivity index (χ0n) is 17.3. The molecule has 0 unspecified atom stereocenters. The van der Waals surface area contributed by atoms with Crippen LogP contribution in [-0.4, -0.2) is 12.4 Å². The standard InChI is InChI=1S/C28H20N4/c1-3-13-23(14-4-1)31-27(25-17-9-7-11-21(25)19-29-31)28-26-18-10-8-12-22(26)20-30-32(28)24-15-5-2-6-16-24/h1-20H/b28-27+. The van der Waals surface area contributed by atoms with Crippen LogP contribution >= 0.6 is 0 Å². The van der Waals surface area contributed by atoms with Gasteiger partial charge in [0, 0.05) is 22.3 Å². The van der Waals surface area contributed by atoms with Crippen molar-refractivity contribution in [3.63, 3.8) is 0 Å². The Balaban J connectivity index is 1.70. The van der Waals surface area contributed by atoms with Crippen molar-refractivity contribution in [3.05, 3.63) is 131 Å². The summed E-state index contributed by atoms with van der Waals surface area (Å²) >= 11 is 0. The number of nitrogens with zero attached hydrogens (tertiary/aromatic N) is 4. The topological polar surface area (TPSA) is 31.2 Å². The molecule has 0 radical (unpaired) electrons. The minimum atomic E-state index is 1.00. The van der Waals surface area contributed by atoms with Gasteiger partial charge < -0.3 is 0 Å². The van der Waals surface area contributed by atoms with Crippen LogP contribution in [0.15, 0.2) is 119 Å². The molecule has 0 aliphatic carbocycles. The quantitative estimate of drug-likeness (QED) is 0.391. The minimum Gasteiger partial charge on any atom is -0.231 e. The molecule has 32 heavy (non-hydrogen) atoms. The molecule has 4 heteroatoms. The Morgan fingerprint density at radius 2 is 0.781 bits per heavy atom. The van der Waals surface area contributed by atoms with Gasteiger partial charge in [-0.25, -0.2) is 10.0 Å².